The van der Waals surface area contributed by atoms with E-state index in [4.69, 9.17) is 29.2 Å². The number of carboxylic acid groups (broad SMARTS) is 1. The van der Waals surface area contributed by atoms with Crippen molar-refractivity contribution in [3.63, 3.8) is 0 Å². The lowest BCUT2D eigenvalue weighted by Crippen LogP contribution is -2.57. The monoisotopic (exact) mass is 707 g/mol. The van der Waals surface area contributed by atoms with Crippen LogP contribution >= 0.6 is 11.3 Å². The van der Waals surface area contributed by atoms with Crippen LogP contribution in [0.2, 0.25) is 0 Å². The van der Waals surface area contributed by atoms with Crippen LogP contribution in [0.25, 0.3) is 0 Å². The molecule has 1 amide bonds. The van der Waals surface area contributed by atoms with Gasteiger partial charge in [0.2, 0.25) is 16.8 Å². The minimum Gasteiger partial charge on any atom is -0.487 e. The summed E-state index contributed by atoms with van der Waals surface area (Å²) in [6, 6.07) is 8.80. The number of sulfonamides is 1. The van der Waals surface area contributed by atoms with E-state index in [0.717, 1.165) is 15.6 Å². The van der Waals surface area contributed by atoms with Crippen LogP contribution in [0.5, 0.6) is 17.2 Å². The molecule has 3 aromatic rings. The number of aryl methyl sites for hydroxylation is 1. The molecule has 5 atom stereocenters. The third-order valence-corrected chi connectivity index (χ3v) is 11.0. The Bertz CT molecular complexity index is 1850. The van der Waals surface area contributed by atoms with Crippen LogP contribution in [0, 0.1) is 18.7 Å². The highest BCUT2D eigenvalue weighted by atomic mass is 32.2. The number of aromatic nitrogens is 1. The fourth-order valence-corrected chi connectivity index (χ4v) is 8.38. The molecule has 0 unspecified atom stereocenters. The van der Waals surface area contributed by atoms with Crippen LogP contribution in [-0.4, -0.2) is 96.4 Å². The van der Waals surface area contributed by atoms with Gasteiger partial charge in [-0.25, -0.2) is 18.2 Å². The molecule has 260 valence electrons. The van der Waals surface area contributed by atoms with Crippen LogP contribution < -0.4 is 14.2 Å². The van der Waals surface area contributed by atoms with E-state index in [1.807, 2.05) is 13.8 Å². The Morgan fingerprint density at radius 2 is 1.98 bits per heavy atom. The highest BCUT2D eigenvalue weighted by Crippen LogP contribution is 2.37. The van der Waals surface area contributed by atoms with Crippen LogP contribution in [0.4, 0.5) is 4.79 Å². The van der Waals surface area contributed by atoms with Gasteiger partial charge in [-0.1, -0.05) is 26.0 Å². The molecule has 0 radical (unpaired) electrons. The lowest BCUT2D eigenvalue weighted by Gasteiger charge is -2.39. The number of benzene rings is 2. The number of rotatable bonds is 14. The number of amides is 1. The molecule has 4 heterocycles. The number of hydrogen-bond donors (Lipinski definition) is 2. The van der Waals surface area contributed by atoms with Crippen molar-refractivity contribution in [1.82, 2.24) is 14.2 Å². The normalized spacial score (nSPS) is 23.6. The van der Waals surface area contributed by atoms with Crippen molar-refractivity contribution in [3.8, 4) is 17.2 Å². The molecule has 0 aliphatic carbocycles. The largest absolute Gasteiger partial charge is 0.487 e. The molecule has 6 rings (SSSR count). The molecular formula is C33H41N3O10S2. The van der Waals surface area contributed by atoms with Crippen LogP contribution in [0.15, 0.2) is 52.7 Å². The van der Waals surface area contributed by atoms with Crippen molar-refractivity contribution in [2.24, 2.45) is 11.8 Å². The molecule has 0 saturated carbocycles. The van der Waals surface area contributed by atoms with E-state index in [2.05, 4.69) is 4.98 Å². The first kappa shape index (κ1) is 29.4. The summed E-state index contributed by atoms with van der Waals surface area (Å²) < 4.78 is 87.8. The first-order chi connectivity index (χ1) is 24.6. The number of nitrogens with zero attached hydrogens (tertiary/aromatic N) is 3. The molecular weight excluding hydrogens is 663 g/mol. The number of hydrogen-bond acceptors (Lipinski definition) is 11. The van der Waals surface area contributed by atoms with Crippen molar-refractivity contribution >= 4 is 27.5 Å². The van der Waals surface area contributed by atoms with Gasteiger partial charge >= 0.3 is 6.09 Å². The van der Waals surface area contributed by atoms with Gasteiger partial charge in [0.15, 0.2) is 17.8 Å². The van der Waals surface area contributed by atoms with Gasteiger partial charge < -0.3 is 33.9 Å². The van der Waals surface area contributed by atoms with Gasteiger partial charge in [-0.3, -0.25) is 4.90 Å². The number of carbonyl (C=O) groups is 1. The summed E-state index contributed by atoms with van der Waals surface area (Å²) >= 11 is 1.12. The predicted octanol–water partition coefficient (Wildman–Crippen LogP) is 4.12. The van der Waals surface area contributed by atoms with E-state index < -0.39 is 53.9 Å². The SMILES string of the molecule is [2H]Cc1nc(COc2ccc(C[C@@H]([C@H](O)CN(CC(C)C)S(=O)(=O)c3ccc4c(c3)OC([2H])([2H])O4)N(C(=O)O)[C@H]3CO[C@H]4OCC[C@H]43)cc2)c([2H])s1. The van der Waals surface area contributed by atoms with Crippen molar-refractivity contribution in [2.75, 3.05) is 33.0 Å². The fraction of sp³-hybridized carbons (Fsp3) is 0.515. The molecule has 0 spiro atoms. The zero-order valence-corrected chi connectivity index (χ0v) is 28.1. The molecule has 0 bridgehead atoms. The maximum atomic E-state index is 14.1. The zero-order chi connectivity index (χ0) is 37.4. The Balaban J connectivity index is 1.27. The third-order valence-electron chi connectivity index (χ3n) is 8.49. The van der Waals surface area contributed by atoms with E-state index in [1.54, 1.807) is 24.3 Å². The molecule has 2 N–H and O–H groups in total. The van der Waals surface area contributed by atoms with E-state index in [1.165, 1.54) is 23.1 Å². The number of ether oxygens (including phenoxy) is 5. The first-order valence-electron chi connectivity index (χ1n) is 17.8. The average Bonchev–Trinajstić information content (AvgIpc) is 3.86. The van der Waals surface area contributed by atoms with Gasteiger partial charge in [0.25, 0.3) is 0 Å². The highest BCUT2D eigenvalue weighted by Gasteiger charge is 2.49. The molecule has 3 aliphatic heterocycles. The zero-order valence-electron chi connectivity index (χ0n) is 30.5. The molecule has 3 aliphatic rings. The van der Waals surface area contributed by atoms with Crippen LogP contribution in [-0.2, 0) is 32.5 Å². The Morgan fingerprint density at radius 3 is 2.71 bits per heavy atom. The molecule has 48 heavy (non-hydrogen) atoms. The van der Waals surface area contributed by atoms with E-state index in [9.17, 15) is 23.4 Å². The van der Waals surface area contributed by atoms with Gasteiger partial charge in [0.05, 0.1) is 48.4 Å². The number of aliphatic hydroxyl groups is 1. The maximum Gasteiger partial charge on any atom is 0.407 e. The topological polar surface area (TPSA) is 157 Å². The summed E-state index contributed by atoms with van der Waals surface area (Å²) in [6.07, 6.45) is -2.79. The lowest BCUT2D eigenvalue weighted by molar-refractivity contribution is -0.0906. The van der Waals surface area contributed by atoms with E-state index in [0.29, 0.717) is 35.0 Å². The van der Waals surface area contributed by atoms with Gasteiger partial charge in [0.1, 0.15) is 15.1 Å². The second kappa shape index (κ2) is 14.6. The number of fused-ring (bicyclic) bond motifs is 2. The molecule has 2 fully saturated rings. The molecule has 13 nitrogen and oxygen atoms in total. The van der Waals surface area contributed by atoms with Crippen LogP contribution in [0.3, 0.4) is 0 Å². The smallest absolute Gasteiger partial charge is 0.407 e. The predicted molar refractivity (Wildman–Crippen MR) is 175 cm³/mol. The standard InChI is InChI=1S/C33H41N3O10S2/c1-20(2)14-35(48(40,41)25-8-9-30-31(13-25)46-19-45-30)15-29(37)27(36(33(38)39)28-17-44-32-26(28)10-11-42-32)12-22-4-6-24(7-5-22)43-16-23-18-47-21(3)34-23/h4-9,13,18,20,26-29,32,37H,10-12,14-17,19H2,1-3H3,(H,38,39)/t26-,27-,28-,29+,32+/m0/s1/i3D,18D,19D2. The van der Waals surface area contributed by atoms with Crippen molar-refractivity contribution in [1.29, 1.82) is 0 Å². The summed E-state index contributed by atoms with van der Waals surface area (Å²) in [7, 11) is -4.31. The van der Waals surface area contributed by atoms with Crippen molar-refractivity contribution in [2.45, 2.75) is 69.6 Å². The molecule has 15 heteroatoms. The molecule has 1 aromatic heterocycles. The lowest BCUT2D eigenvalue weighted by atomic mass is 9.93. The summed E-state index contributed by atoms with van der Waals surface area (Å²) in [6.45, 7) is 1.18. The Kier molecular flexibility index (Phi) is 8.93. The quantitative estimate of drug-likeness (QED) is 0.249. The van der Waals surface area contributed by atoms with Crippen molar-refractivity contribution < 1.29 is 52.6 Å². The second-order valence-corrected chi connectivity index (χ2v) is 15.1. The summed E-state index contributed by atoms with van der Waals surface area (Å²) in [5.41, 5.74) is 1.07. The number of aliphatic hydroxyl groups excluding tert-OH is 1. The van der Waals surface area contributed by atoms with E-state index >= 15 is 0 Å². The minimum atomic E-state index is -4.31. The third kappa shape index (κ3) is 7.56. The summed E-state index contributed by atoms with van der Waals surface area (Å²) in [5.74, 6) is -0.0202. The summed E-state index contributed by atoms with van der Waals surface area (Å²) in [5, 5.41) is 23.4. The first-order valence-corrected chi connectivity index (χ1v) is 17.8. The van der Waals surface area contributed by atoms with Gasteiger partial charge in [-0.2, -0.15) is 4.31 Å². The highest BCUT2D eigenvalue weighted by molar-refractivity contribution is 7.89. The molecule has 2 saturated heterocycles. The fourth-order valence-electron chi connectivity index (χ4n) is 6.25. The molecule has 2 aromatic carbocycles. The van der Waals surface area contributed by atoms with Crippen LogP contribution in [0.1, 0.15) is 42.0 Å². The average molecular weight is 708 g/mol. The second-order valence-electron chi connectivity index (χ2n) is 12.3. The van der Waals surface area contributed by atoms with Gasteiger partial charge in [-0.15, -0.1) is 11.3 Å². The summed E-state index contributed by atoms with van der Waals surface area (Å²) in [4.78, 5) is 18.3. The van der Waals surface area contributed by atoms with E-state index in [-0.39, 0.29) is 66.7 Å². The minimum absolute atomic E-state index is 0.00608. The number of thiazole rings is 1. The Morgan fingerprint density at radius 1 is 1.19 bits per heavy atom. The maximum absolute atomic E-state index is 14.1. The van der Waals surface area contributed by atoms with Gasteiger partial charge in [-0.05, 0) is 55.5 Å². The Hall–Kier alpha value is -3.47. The van der Waals surface area contributed by atoms with Gasteiger partial charge in [0, 0.05) is 31.8 Å². The van der Waals surface area contributed by atoms with Crippen molar-refractivity contribution in [3.05, 3.63) is 64.1 Å². The Labute approximate surface area is 289 Å².